The van der Waals surface area contributed by atoms with Gasteiger partial charge in [-0.25, -0.2) is 28.0 Å². The van der Waals surface area contributed by atoms with Gasteiger partial charge in [-0.05, 0) is 12.1 Å². The van der Waals surface area contributed by atoms with Gasteiger partial charge in [0, 0.05) is 16.7 Å². The van der Waals surface area contributed by atoms with Gasteiger partial charge in [-0.2, -0.15) is 17.2 Å². The molecule has 0 aliphatic heterocycles. The molecular weight excluding hydrogens is 512 g/mol. The van der Waals surface area contributed by atoms with Crippen molar-refractivity contribution in [2.45, 2.75) is 19.0 Å². The Hall–Kier alpha value is -2.42. The second-order valence-corrected chi connectivity index (χ2v) is 8.11. The molecule has 1 aromatic carbocycles. The van der Waals surface area contributed by atoms with Gasteiger partial charge in [0.15, 0.2) is 6.61 Å². The Morgan fingerprint density at radius 1 is 1.19 bits per heavy atom. The van der Waals surface area contributed by atoms with Gasteiger partial charge in [0.2, 0.25) is 5.88 Å². The highest BCUT2D eigenvalue weighted by molar-refractivity contribution is 7.87. The highest BCUT2D eigenvalue weighted by Crippen LogP contribution is 2.30. The Morgan fingerprint density at radius 2 is 1.84 bits per heavy atom. The summed E-state index contributed by atoms with van der Waals surface area (Å²) in [5, 5.41) is 4.15. The molecule has 0 aliphatic rings. The third-order valence-corrected chi connectivity index (χ3v) is 4.61. The van der Waals surface area contributed by atoms with E-state index in [4.69, 9.17) is 27.9 Å². The lowest BCUT2D eigenvalue weighted by molar-refractivity contribution is -0.148. The number of halogens is 7. The largest absolute Gasteiger partial charge is 0.487 e. The third-order valence-electron chi connectivity index (χ3n) is 3.51. The highest BCUT2D eigenvalue weighted by Gasteiger charge is 2.42. The van der Waals surface area contributed by atoms with Crippen molar-refractivity contribution in [2.24, 2.45) is 5.14 Å². The second-order valence-electron chi connectivity index (χ2n) is 6.00. The van der Waals surface area contributed by atoms with E-state index in [1.165, 1.54) is 4.72 Å². The second kappa shape index (κ2) is 10.0. The van der Waals surface area contributed by atoms with Crippen LogP contribution in [0.1, 0.15) is 15.9 Å². The summed E-state index contributed by atoms with van der Waals surface area (Å²) in [6.07, 6.45) is -2.97. The van der Waals surface area contributed by atoms with Gasteiger partial charge in [0.05, 0.1) is 11.8 Å². The van der Waals surface area contributed by atoms with E-state index in [9.17, 15) is 35.2 Å². The van der Waals surface area contributed by atoms with Gasteiger partial charge in [-0.3, -0.25) is 4.79 Å². The number of rotatable bonds is 9. The molecular formula is C16H12Cl2F5N3O5S. The minimum Gasteiger partial charge on any atom is -0.487 e. The van der Waals surface area contributed by atoms with Crippen molar-refractivity contribution >= 4 is 39.3 Å². The first-order valence-corrected chi connectivity index (χ1v) is 10.4. The van der Waals surface area contributed by atoms with Gasteiger partial charge >= 0.3 is 12.3 Å². The Bertz CT molecular complexity index is 1120. The molecule has 1 amide bonds. The molecule has 32 heavy (non-hydrogen) atoms. The standard InChI is InChI=1S/C16H12Cl2F5N3O5S/c17-10-3-9(13(27)26-32(24,28)29)12(19)1-7(10)5-30-8-2-11(18)14(25-4-8)31-6-16(22,23)15(20)21/h1-4,15H,5-6H2,(H,26,27)(H2,24,28,29). The van der Waals surface area contributed by atoms with E-state index in [0.29, 0.717) is 0 Å². The van der Waals surface area contributed by atoms with E-state index in [1.54, 1.807) is 0 Å². The van der Waals surface area contributed by atoms with Crippen LogP contribution in [0, 0.1) is 5.82 Å². The first kappa shape index (κ1) is 25.8. The van der Waals surface area contributed by atoms with Crippen LogP contribution >= 0.6 is 23.2 Å². The lowest BCUT2D eigenvalue weighted by Gasteiger charge is -2.16. The number of hydrogen-bond donors (Lipinski definition) is 2. The molecule has 0 fully saturated rings. The molecule has 0 radical (unpaired) electrons. The quantitative estimate of drug-likeness (QED) is 0.486. The number of nitrogens with two attached hydrogens (primary N) is 1. The van der Waals surface area contributed by atoms with E-state index in [2.05, 4.69) is 14.9 Å². The smallest absolute Gasteiger partial charge is 0.340 e. The lowest BCUT2D eigenvalue weighted by atomic mass is 10.1. The van der Waals surface area contributed by atoms with Crippen LogP contribution in [0.2, 0.25) is 10.0 Å². The zero-order chi connectivity index (χ0) is 24.3. The number of amides is 1. The molecule has 8 nitrogen and oxygen atoms in total. The van der Waals surface area contributed by atoms with Crippen molar-refractivity contribution in [3.63, 3.8) is 0 Å². The van der Waals surface area contributed by atoms with E-state index < -0.39 is 52.3 Å². The molecule has 0 aliphatic carbocycles. The zero-order valence-corrected chi connectivity index (χ0v) is 17.7. The normalized spacial score (nSPS) is 12.0. The monoisotopic (exact) mass is 523 g/mol. The van der Waals surface area contributed by atoms with Gasteiger partial charge in [0.1, 0.15) is 23.2 Å². The fourth-order valence-corrected chi connectivity index (χ4v) is 2.84. The number of aromatic nitrogens is 1. The topological polar surface area (TPSA) is 121 Å². The van der Waals surface area contributed by atoms with Gasteiger partial charge in [-0.15, -0.1) is 0 Å². The number of pyridine rings is 1. The molecule has 0 saturated carbocycles. The maximum Gasteiger partial charge on any atom is 0.340 e. The summed E-state index contributed by atoms with van der Waals surface area (Å²) in [5.41, 5.74) is -0.663. The molecule has 0 unspecified atom stereocenters. The summed E-state index contributed by atoms with van der Waals surface area (Å²) >= 11 is 11.7. The van der Waals surface area contributed by atoms with E-state index >= 15 is 0 Å². The molecule has 2 aromatic rings. The number of benzene rings is 1. The van der Waals surface area contributed by atoms with Crippen LogP contribution in [0.3, 0.4) is 0 Å². The van der Waals surface area contributed by atoms with Crippen molar-refractivity contribution in [2.75, 3.05) is 6.61 Å². The minimum atomic E-state index is -4.42. The number of ether oxygens (including phenoxy) is 2. The van der Waals surface area contributed by atoms with E-state index in [1.807, 2.05) is 0 Å². The fourth-order valence-electron chi connectivity index (χ4n) is 2.04. The first-order chi connectivity index (χ1) is 14.7. The summed E-state index contributed by atoms with van der Waals surface area (Å²) < 4.78 is 97.2. The van der Waals surface area contributed by atoms with E-state index in [-0.39, 0.29) is 28.0 Å². The number of alkyl halides is 4. The molecule has 0 saturated heterocycles. The highest BCUT2D eigenvalue weighted by atomic mass is 35.5. The predicted molar refractivity (Wildman–Crippen MR) is 102 cm³/mol. The number of nitrogens with one attached hydrogen (secondary N) is 1. The number of carbonyl (C=O) groups excluding carboxylic acids is 1. The Kier molecular flexibility index (Phi) is 8.09. The molecule has 3 N–H and O–H groups in total. The number of carbonyl (C=O) groups is 1. The van der Waals surface area contributed by atoms with Crippen LogP contribution in [-0.2, 0) is 16.8 Å². The third kappa shape index (κ3) is 7.05. The Morgan fingerprint density at radius 3 is 2.41 bits per heavy atom. The Balaban J connectivity index is 2.08. The average molecular weight is 524 g/mol. The molecule has 0 bridgehead atoms. The average Bonchev–Trinajstić information content (AvgIpc) is 2.66. The first-order valence-electron chi connectivity index (χ1n) is 8.09. The zero-order valence-electron chi connectivity index (χ0n) is 15.4. The molecule has 176 valence electrons. The van der Waals surface area contributed by atoms with Crippen LogP contribution in [0.25, 0.3) is 0 Å². The lowest BCUT2D eigenvalue weighted by Crippen LogP contribution is -2.36. The maximum atomic E-state index is 14.2. The summed E-state index contributed by atoms with van der Waals surface area (Å²) in [7, 11) is -4.42. The fraction of sp³-hybridized carbons (Fsp3) is 0.250. The van der Waals surface area contributed by atoms with Crippen molar-refractivity contribution in [1.82, 2.24) is 9.71 Å². The SMILES string of the molecule is NS(=O)(=O)NC(=O)c1cc(Cl)c(COc2cnc(OCC(F)(F)C(F)F)c(Cl)c2)cc1F. The van der Waals surface area contributed by atoms with Gasteiger partial charge in [0.25, 0.3) is 16.1 Å². The van der Waals surface area contributed by atoms with Crippen LogP contribution in [0.5, 0.6) is 11.6 Å². The molecule has 0 spiro atoms. The number of hydrogen-bond acceptors (Lipinski definition) is 6. The van der Waals surface area contributed by atoms with Crippen LogP contribution in [0.15, 0.2) is 24.4 Å². The summed E-state index contributed by atoms with van der Waals surface area (Å²) in [4.78, 5) is 15.3. The van der Waals surface area contributed by atoms with Crippen molar-refractivity contribution in [3.8, 4) is 11.6 Å². The summed E-state index contributed by atoms with van der Waals surface area (Å²) in [6.45, 7) is -2.04. The maximum absolute atomic E-state index is 14.2. The minimum absolute atomic E-state index is 0.0318. The van der Waals surface area contributed by atoms with Crippen LogP contribution in [-0.4, -0.2) is 38.3 Å². The van der Waals surface area contributed by atoms with E-state index in [0.717, 1.165) is 24.4 Å². The van der Waals surface area contributed by atoms with Crippen molar-refractivity contribution < 1.29 is 44.6 Å². The molecule has 2 rings (SSSR count). The molecule has 1 aromatic heterocycles. The summed E-state index contributed by atoms with van der Waals surface area (Å²) in [5.74, 6) is -7.47. The van der Waals surface area contributed by atoms with Crippen molar-refractivity contribution in [1.29, 1.82) is 0 Å². The molecule has 1 heterocycles. The number of nitrogens with zero attached hydrogens (tertiary/aromatic N) is 1. The van der Waals surface area contributed by atoms with Crippen LogP contribution < -0.4 is 19.3 Å². The molecule has 16 heteroatoms. The summed E-state index contributed by atoms with van der Waals surface area (Å²) in [6, 6.07) is 2.73. The van der Waals surface area contributed by atoms with Crippen LogP contribution in [0.4, 0.5) is 22.0 Å². The van der Waals surface area contributed by atoms with Crippen molar-refractivity contribution in [3.05, 3.63) is 51.4 Å². The van der Waals surface area contributed by atoms with Gasteiger partial charge in [-0.1, -0.05) is 23.2 Å². The Labute approximate surface area is 187 Å². The van der Waals surface area contributed by atoms with Gasteiger partial charge < -0.3 is 9.47 Å². The molecule has 0 atom stereocenters. The predicted octanol–water partition coefficient (Wildman–Crippen LogP) is 3.32.